The molecule has 20 heavy (non-hydrogen) atoms. The largest absolute Gasteiger partial charge is 0.464 e. The molecule has 1 saturated heterocycles. The fraction of sp³-hybridized carbons (Fsp3) is 0.643. The minimum absolute atomic E-state index is 0.259. The van der Waals surface area contributed by atoms with Gasteiger partial charge in [-0.25, -0.2) is 9.78 Å². The Morgan fingerprint density at radius 3 is 2.60 bits per heavy atom. The van der Waals surface area contributed by atoms with Crippen LogP contribution in [0.5, 0.6) is 0 Å². The molecule has 0 N–H and O–H groups in total. The molecule has 110 valence electrons. The summed E-state index contributed by atoms with van der Waals surface area (Å²) in [5, 5.41) is 0. The van der Waals surface area contributed by atoms with Crippen LogP contribution in [-0.4, -0.2) is 60.7 Å². The SMILES string of the molecule is COC(=O)c1cncc(N2CCN(CC(C)C)CC2)n1. The molecule has 6 heteroatoms. The Bertz CT molecular complexity index is 456. The molecule has 0 amide bonds. The molecule has 0 bridgehead atoms. The van der Waals surface area contributed by atoms with Crippen molar-refractivity contribution >= 4 is 11.8 Å². The third-order valence-electron chi connectivity index (χ3n) is 3.34. The summed E-state index contributed by atoms with van der Waals surface area (Å²) in [5.74, 6) is 0.985. The Labute approximate surface area is 119 Å². The van der Waals surface area contributed by atoms with Crippen LogP contribution in [0.3, 0.4) is 0 Å². The van der Waals surface area contributed by atoms with Crippen molar-refractivity contribution in [2.45, 2.75) is 13.8 Å². The van der Waals surface area contributed by atoms with Crippen molar-refractivity contribution in [1.82, 2.24) is 14.9 Å². The second-order valence-corrected chi connectivity index (χ2v) is 5.44. The molecule has 2 rings (SSSR count). The summed E-state index contributed by atoms with van der Waals surface area (Å²) in [6.45, 7) is 9.44. The van der Waals surface area contributed by atoms with E-state index in [-0.39, 0.29) is 5.69 Å². The number of ether oxygens (including phenoxy) is 1. The highest BCUT2D eigenvalue weighted by molar-refractivity contribution is 5.87. The molecule has 0 aliphatic carbocycles. The average Bonchev–Trinajstić information content (AvgIpc) is 2.47. The van der Waals surface area contributed by atoms with E-state index in [4.69, 9.17) is 0 Å². The topological polar surface area (TPSA) is 58.6 Å². The van der Waals surface area contributed by atoms with Gasteiger partial charge in [-0.3, -0.25) is 9.88 Å². The van der Waals surface area contributed by atoms with Crippen LogP contribution in [0.25, 0.3) is 0 Å². The smallest absolute Gasteiger partial charge is 0.358 e. The number of methoxy groups -OCH3 is 1. The summed E-state index contributed by atoms with van der Waals surface area (Å²) in [5.41, 5.74) is 0.259. The molecule has 0 saturated carbocycles. The highest BCUT2D eigenvalue weighted by Gasteiger charge is 2.19. The van der Waals surface area contributed by atoms with Crippen LogP contribution >= 0.6 is 0 Å². The molecule has 0 unspecified atom stereocenters. The number of hydrogen-bond donors (Lipinski definition) is 0. The number of hydrogen-bond acceptors (Lipinski definition) is 6. The standard InChI is InChI=1S/C14H22N4O2/c1-11(2)10-17-4-6-18(7-5-17)13-9-15-8-12(16-13)14(19)20-3/h8-9,11H,4-7,10H2,1-3H3. The number of carbonyl (C=O) groups excluding carboxylic acids is 1. The first-order chi connectivity index (χ1) is 9.60. The van der Waals surface area contributed by atoms with Crippen molar-refractivity contribution in [3.63, 3.8) is 0 Å². The minimum Gasteiger partial charge on any atom is -0.464 e. The number of esters is 1. The van der Waals surface area contributed by atoms with Crippen molar-refractivity contribution in [1.29, 1.82) is 0 Å². The number of carbonyl (C=O) groups is 1. The van der Waals surface area contributed by atoms with Gasteiger partial charge in [0.15, 0.2) is 5.69 Å². The van der Waals surface area contributed by atoms with E-state index in [2.05, 4.69) is 38.4 Å². The van der Waals surface area contributed by atoms with Crippen molar-refractivity contribution in [3.05, 3.63) is 18.1 Å². The Kier molecular flexibility index (Phi) is 4.89. The maximum Gasteiger partial charge on any atom is 0.358 e. The van der Waals surface area contributed by atoms with Gasteiger partial charge in [-0.15, -0.1) is 0 Å². The highest BCUT2D eigenvalue weighted by Crippen LogP contribution is 2.14. The lowest BCUT2D eigenvalue weighted by molar-refractivity contribution is 0.0593. The number of piperazine rings is 1. The Morgan fingerprint density at radius 2 is 2.00 bits per heavy atom. The molecule has 0 spiro atoms. The second kappa shape index (κ2) is 6.65. The summed E-state index contributed by atoms with van der Waals surface area (Å²) in [4.78, 5) is 24.5. The van der Waals surface area contributed by atoms with E-state index < -0.39 is 5.97 Å². The van der Waals surface area contributed by atoms with Crippen LogP contribution in [-0.2, 0) is 4.74 Å². The first-order valence-corrected chi connectivity index (χ1v) is 6.98. The normalized spacial score (nSPS) is 16.5. The minimum atomic E-state index is -0.446. The van der Waals surface area contributed by atoms with Gasteiger partial charge in [0.05, 0.1) is 19.5 Å². The molecule has 0 aromatic carbocycles. The van der Waals surface area contributed by atoms with E-state index in [1.54, 1.807) is 6.20 Å². The first-order valence-electron chi connectivity index (χ1n) is 6.98. The van der Waals surface area contributed by atoms with Crippen LogP contribution in [0, 0.1) is 5.92 Å². The van der Waals surface area contributed by atoms with Gasteiger partial charge in [-0.2, -0.15) is 0 Å². The maximum atomic E-state index is 11.5. The predicted octanol–water partition coefficient (Wildman–Crippen LogP) is 1.04. The quantitative estimate of drug-likeness (QED) is 0.767. The zero-order valence-electron chi connectivity index (χ0n) is 12.4. The Hall–Kier alpha value is -1.69. The molecule has 1 aromatic rings. The first kappa shape index (κ1) is 14.7. The fourth-order valence-electron chi connectivity index (χ4n) is 2.39. The van der Waals surface area contributed by atoms with Crippen LogP contribution in [0.2, 0.25) is 0 Å². The number of anilines is 1. The van der Waals surface area contributed by atoms with Gasteiger partial charge >= 0.3 is 5.97 Å². The van der Waals surface area contributed by atoms with E-state index in [1.807, 2.05) is 0 Å². The molecule has 1 aromatic heterocycles. The summed E-state index contributed by atoms with van der Waals surface area (Å²) < 4.78 is 4.67. The second-order valence-electron chi connectivity index (χ2n) is 5.44. The van der Waals surface area contributed by atoms with Crippen LogP contribution < -0.4 is 4.90 Å². The zero-order valence-corrected chi connectivity index (χ0v) is 12.4. The van der Waals surface area contributed by atoms with Crippen LogP contribution in [0.15, 0.2) is 12.4 Å². The predicted molar refractivity (Wildman–Crippen MR) is 76.9 cm³/mol. The average molecular weight is 278 g/mol. The van der Waals surface area contributed by atoms with E-state index in [1.165, 1.54) is 13.3 Å². The lowest BCUT2D eigenvalue weighted by Gasteiger charge is -2.36. The molecule has 6 nitrogen and oxygen atoms in total. The van der Waals surface area contributed by atoms with E-state index in [9.17, 15) is 4.79 Å². The summed E-state index contributed by atoms with van der Waals surface area (Å²) in [6.07, 6.45) is 3.13. The van der Waals surface area contributed by atoms with Crippen LogP contribution in [0.4, 0.5) is 5.82 Å². The van der Waals surface area contributed by atoms with Gasteiger partial charge in [0.1, 0.15) is 5.82 Å². The number of nitrogens with zero attached hydrogens (tertiary/aromatic N) is 4. The van der Waals surface area contributed by atoms with Gasteiger partial charge in [-0.1, -0.05) is 13.8 Å². The molecule has 1 aliphatic heterocycles. The van der Waals surface area contributed by atoms with Crippen molar-refractivity contribution in [3.8, 4) is 0 Å². The molecular weight excluding hydrogens is 256 g/mol. The molecule has 0 atom stereocenters. The molecular formula is C14H22N4O2. The zero-order chi connectivity index (χ0) is 14.5. The molecule has 1 fully saturated rings. The number of rotatable bonds is 4. The third-order valence-corrected chi connectivity index (χ3v) is 3.34. The Morgan fingerprint density at radius 1 is 1.30 bits per heavy atom. The molecule has 1 aliphatic rings. The van der Waals surface area contributed by atoms with Gasteiger partial charge < -0.3 is 9.64 Å². The molecule has 0 radical (unpaired) electrons. The highest BCUT2D eigenvalue weighted by atomic mass is 16.5. The van der Waals surface area contributed by atoms with Crippen molar-refractivity contribution in [2.24, 2.45) is 5.92 Å². The van der Waals surface area contributed by atoms with Gasteiger partial charge in [-0.05, 0) is 5.92 Å². The van der Waals surface area contributed by atoms with Gasteiger partial charge in [0.2, 0.25) is 0 Å². The lowest BCUT2D eigenvalue weighted by atomic mass is 10.2. The van der Waals surface area contributed by atoms with Crippen molar-refractivity contribution in [2.75, 3.05) is 44.7 Å². The summed E-state index contributed by atoms with van der Waals surface area (Å²) >= 11 is 0. The lowest BCUT2D eigenvalue weighted by Crippen LogP contribution is -2.47. The van der Waals surface area contributed by atoms with E-state index in [0.717, 1.165) is 38.5 Å². The summed E-state index contributed by atoms with van der Waals surface area (Å²) in [6, 6.07) is 0. The molecule has 2 heterocycles. The maximum absolute atomic E-state index is 11.5. The third kappa shape index (κ3) is 3.66. The van der Waals surface area contributed by atoms with Gasteiger partial charge in [0, 0.05) is 32.7 Å². The monoisotopic (exact) mass is 278 g/mol. The van der Waals surface area contributed by atoms with E-state index >= 15 is 0 Å². The van der Waals surface area contributed by atoms with Gasteiger partial charge in [0.25, 0.3) is 0 Å². The fourth-order valence-corrected chi connectivity index (χ4v) is 2.39. The van der Waals surface area contributed by atoms with Crippen molar-refractivity contribution < 1.29 is 9.53 Å². The van der Waals surface area contributed by atoms with Crippen LogP contribution in [0.1, 0.15) is 24.3 Å². The number of aromatic nitrogens is 2. The summed E-state index contributed by atoms with van der Waals surface area (Å²) in [7, 11) is 1.35. The Balaban J connectivity index is 1.98. The van der Waals surface area contributed by atoms with E-state index in [0.29, 0.717) is 5.92 Å².